The second-order valence-electron chi connectivity index (χ2n) is 4.67. The number of ether oxygens (including phenoxy) is 2. The first kappa shape index (κ1) is 15.5. The van der Waals surface area contributed by atoms with Gasteiger partial charge in [0.05, 0.1) is 0 Å². The molecule has 0 aromatic carbocycles. The number of primary amides is 2. The highest BCUT2D eigenvalue weighted by Crippen LogP contribution is 2.31. The number of hydrogen-bond acceptors (Lipinski definition) is 4. The van der Waals surface area contributed by atoms with Crippen LogP contribution in [0, 0.1) is 11.3 Å². The van der Waals surface area contributed by atoms with Gasteiger partial charge in [0.2, 0.25) is 0 Å². The molecule has 0 fully saturated rings. The third-order valence-electron chi connectivity index (χ3n) is 2.63. The zero-order chi connectivity index (χ0) is 13.5. The van der Waals surface area contributed by atoms with Crippen molar-refractivity contribution in [3.05, 3.63) is 0 Å². The van der Waals surface area contributed by atoms with E-state index in [1.54, 1.807) is 0 Å². The molecule has 100 valence electrons. The predicted octanol–water partition coefficient (Wildman–Crippen LogP) is 1.62. The third kappa shape index (κ3) is 6.65. The van der Waals surface area contributed by atoms with Crippen molar-refractivity contribution < 1.29 is 19.1 Å². The van der Waals surface area contributed by atoms with Crippen molar-refractivity contribution in [1.82, 2.24) is 0 Å². The van der Waals surface area contributed by atoms with Gasteiger partial charge in [-0.05, 0) is 18.8 Å². The Bertz CT molecular complexity index is 248. The van der Waals surface area contributed by atoms with Gasteiger partial charge < -0.3 is 20.9 Å². The van der Waals surface area contributed by atoms with Crippen LogP contribution in [0.15, 0.2) is 0 Å². The molecule has 17 heavy (non-hydrogen) atoms. The Morgan fingerprint density at radius 1 is 1.12 bits per heavy atom. The first-order chi connectivity index (χ1) is 7.81. The molecule has 4 N–H and O–H groups in total. The molecule has 0 aliphatic rings. The molecular weight excluding hydrogens is 224 g/mol. The lowest BCUT2D eigenvalue weighted by Crippen LogP contribution is -2.37. The summed E-state index contributed by atoms with van der Waals surface area (Å²) < 4.78 is 9.68. The zero-order valence-corrected chi connectivity index (χ0v) is 10.7. The van der Waals surface area contributed by atoms with Crippen molar-refractivity contribution >= 4 is 12.2 Å². The summed E-state index contributed by atoms with van der Waals surface area (Å²) in [6.45, 7) is 6.28. The van der Waals surface area contributed by atoms with Gasteiger partial charge in [0.25, 0.3) is 0 Å². The Balaban J connectivity index is 4.60. The number of carbonyl (C=O) groups excluding carboxylic acids is 2. The number of hydrogen-bond donors (Lipinski definition) is 2. The number of amides is 2. The van der Waals surface area contributed by atoms with Crippen LogP contribution in [0.4, 0.5) is 9.59 Å². The van der Waals surface area contributed by atoms with E-state index in [-0.39, 0.29) is 13.2 Å². The maximum atomic E-state index is 10.7. The average molecular weight is 246 g/mol. The lowest BCUT2D eigenvalue weighted by molar-refractivity contribution is 0.0153. The second kappa shape index (κ2) is 6.98. The quantitative estimate of drug-likeness (QED) is 0.712. The highest BCUT2D eigenvalue weighted by molar-refractivity contribution is 5.65. The molecule has 0 radical (unpaired) electrons. The minimum atomic E-state index is -0.828. The summed E-state index contributed by atoms with van der Waals surface area (Å²) in [4.78, 5) is 21.3. The van der Waals surface area contributed by atoms with E-state index >= 15 is 0 Å². The maximum Gasteiger partial charge on any atom is 0.404 e. The Hall–Kier alpha value is -1.46. The van der Waals surface area contributed by atoms with E-state index in [0.717, 1.165) is 6.42 Å². The first-order valence-corrected chi connectivity index (χ1v) is 5.66. The molecule has 0 aromatic heterocycles. The molecule has 0 spiro atoms. The molecule has 6 nitrogen and oxygen atoms in total. The summed E-state index contributed by atoms with van der Waals surface area (Å²) >= 11 is 0. The Morgan fingerprint density at radius 2 is 1.53 bits per heavy atom. The van der Waals surface area contributed by atoms with Gasteiger partial charge in [-0.25, -0.2) is 9.59 Å². The first-order valence-electron chi connectivity index (χ1n) is 5.66. The van der Waals surface area contributed by atoms with E-state index in [1.165, 1.54) is 0 Å². The molecule has 0 saturated carbocycles. The van der Waals surface area contributed by atoms with Crippen LogP contribution in [-0.4, -0.2) is 25.4 Å². The number of carbonyl (C=O) groups is 2. The molecule has 0 aliphatic carbocycles. The van der Waals surface area contributed by atoms with Crippen LogP contribution < -0.4 is 11.5 Å². The van der Waals surface area contributed by atoms with Crippen LogP contribution >= 0.6 is 0 Å². The largest absolute Gasteiger partial charge is 0.449 e. The fraction of sp³-hybridized carbons (Fsp3) is 0.818. The molecule has 0 bridgehead atoms. The van der Waals surface area contributed by atoms with E-state index in [1.807, 2.05) is 20.8 Å². The smallest absolute Gasteiger partial charge is 0.404 e. The van der Waals surface area contributed by atoms with Gasteiger partial charge in [0, 0.05) is 5.41 Å². The van der Waals surface area contributed by atoms with Crippen LogP contribution in [0.25, 0.3) is 0 Å². The van der Waals surface area contributed by atoms with Gasteiger partial charge >= 0.3 is 12.2 Å². The molecule has 0 aromatic rings. The minimum Gasteiger partial charge on any atom is -0.449 e. The van der Waals surface area contributed by atoms with Crippen LogP contribution in [0.5, 0.6) is 0 Å². The molecule has 0 unspecified atom stereocenters. The van der Waals surface area contributed by atoms with Crippen LogP contribution in [0.3, 0.4) is 0 Å². The molecule has 0 aliphatic heterocycles. The van der Waals surface area contributed by atoms with Crippen LogP contribution in [0.1, 0.15) is 33.6 Å². The standard InChI is InChI=1S/C11H22N2O4/c1-4-11(5-8(2)3,6-16-9(12)14)7-17-10(13)15/h8H,4-7H2,1-3H3,(H2,12,14)(H2,13,15). The van der Waals surface area contributed by atoms with E-state index < -0.39 is 17.6 Å². The van der Waals surface area contributed by atoms with Crippen LogP contribution in [0.2, 0.25) is 0 Å². The Labute approximate surface area is 102 Å². The second-order valence-corrected chi connectivity index (χ2v) is 4.67. The third-order valence-corrected chi connectivity index (χ3v) is 2.63. The molecule has 0 saturated heterocycles. The highest BCUT2D eigenvalue weighted by atomic mass is 16.6. The lowest BCUT2D eigenvalue weighted by Gasteiger charge is -2.32. The van der Waals surface area contributed by atoms with E-state index in [4.69, 9.17) is 20.9 Å². The maximum absolute atomic E-state index is 10.7. The monoisotopic (exact) mass is 246 g/mol. The minimum absolute atomic E-state index is 0.129. The predicted molar refractivity (Wildman–Crippen MR) is 63.2 cm³/mol. The summed E-state index contributed by atoms with van der Waals surface area (Å²) in [7, 11) is 0. The SMILES string of the molecule is CCC(COC(N)=O)(COC(N)=O)CC(C)C. The van der Waals surface area contributed by atoms with E-state index in [9.17, 15) is 9.59 Å². The van der Waals surface area contributed by atoms with Crippen molar-refractivity contribution in [2.24, 2.45) is 22.8 Å². The fourth-order valence-corrected chi connectivity index (χ4v) is 1.82. The van der Waals surface area contributed by atoms with Gasteiger partial charge in [-0.3, -0.25) is 0 Å². The molecule has 0 heterocycles. The molecule has 0 atom stereocenters. The van der Waals surface area contributed by atoms with Gasteiger partial charge in [-0.15, -0.1) is 0 Å². The zero-order valence-electron chi connectivity index (χ0n) is 10.7. The molecular formula is C11H22N2O4. The van der Waals surface area contributed by atoms with Crippen molar-refractivity contribution in [2.75, 3.05) is 13.2 Å². The van der Waals surface area contributed by atoms with Gasteiger partial charge in [0.15, 0.2) is 0 Å². The number of rotatable bonds is 7. The van der Waals surface area contributed by atoms with E-state index in [0.29, 0.717) is 12.3 Å². The van der Waals surface area contributed by atoms with E-state index in [2.05, 4.69) is 0 Å². The normalized spacial score (nSPS) is 11.3. The summed E-state index contributed by atoms with van der Waals surface area (Å²) in [6, 6.07) is 0. The topological polar surface area (TPSA) is 105 Å². The van der Waals surface area contributed by atoms with Crippen LogP contribution in [-0.2, 0) is 9.47 Å². The van der Waals surface area contributed by atoms with Gasteiger partial charge in [-0.2, -0.15) is 0 Å². The summed E-state index contributed by atoms with van der Waals surface area (Å²) in [5.41, 5.74) is 9.48. The van der Waals surface area contributed by atoms with Gasteiger partial charge in [-0.1, -0.05) is 20.8 Å². The Kier molecular flexibility index (Phi) is 6.38. The van der Waals surface area contributed by atoms with Crippen molar-refractivity contribution in [1.29, 1.82) is 0 Å². The molecule has 2 amide bonds. The fourth-order valence-electron chi connectivity index (χ4n) is 1.82. The van der Waals surface area contributed by atoms with Crippen molar-refractivity contribution in [3.8, 4) is 0 Å². The average Bonchev–Trinajstić information content (AvgIpc) is 2.21. The van der Waals surface area contributed by atoms with Crippen molar-refractivity contribution in [3.63, 3.8) is 0 Å². The summed E-state index contributed by atoms with van der Waals surface area (Å²) in [6.07, 6.45) is -0.202. The lowest BCUT2D eigenvalue weighted by atomic mass is 9.79. The molecule has 6 heteroatoms. The van der Waals surface area contributed by atoms with Gasteiger partial charge in [0.1, 0.15) is 13.2 Å². The van der Waals surface area contributed by atoms with Crippen molar-refractivity contribution in [2.45, 2.75) is 33.6 Å². The highest BCUT2D eigenvalue weighted by Gasteiger charge is 2.32. The summed E-state index contributed by atoms with van der Waals surface area (Å²) in [5.74, 6) is 0.378. The number of nitrogens with two attached hydrogens (primary N) is 2. The Morgan fingerprint density at radius 3 is 1.76 bits per heavy atom. The summed E-state index contributed by atoms with van der Waals surface area (Å²) in [5, 5.41) is 0. The molecule has 0 rings (SSSR count).